The van der Waals surface area contributed by atoms with Gasteiger partial charge in [0.2, 0.25) is 0 Å². The van der Waals surface area contributed by atoms with Crippen molar-refractivity contribution in [2.45, 2.75) is 31.7 Å². The van der Waals surface area contributed by atoms with E-state index in [4.69, 9.17) is 5.73 Å². The molecule has 1 fully saturated rings. The van der Waals surface area contributed by atoms with Crippen molar-refractivity contribution < 1.29 is 0 Å². The molecule has 0 amide bonds. The van der Waals surface area contributed by atoms with Gasteiger partial charge in [-0.3, -0.25) is 0 Å². The van der Waals surface area contributed by atoms with Crippen LogP contribution in [0.1, 0.15) is 31.2 Å². The average molecular weight is 400 g/mol. The third-order valence-corrected chi connectivity index (χ3v) is 5.09. The molecule has 2 aromatic rings. The van der Waals surface area contributed by atoms with Gasteiger partial charge in [-0.25, -0.2) is 4.98 Å². The summed E-state index contributed by atoms with van der Waals surface area (Å²) in [5, 5.41) is 16.0. The molecule has 25 heavy (non-hydrogen) atoms. The Kier molecular flexibility index (Phi) is 5.90. The minimum atomic E-state index is 0.354. The van der Waals surface area contributed by atoms with Gasteiger partial charge in [0.05, 0.1) is 11.3 Å². The van der Waals surface area contributed by atoms with Crippen molar-refractivity contribution in [3.05, 3.63) is 46.6 Å². The smallest absolute Gasteiger partial charge is 0.132 e. The molecule has 4 N–H and O–H groups in total. The number of anilines is 3. The number of pyridine rings is 1. The van der Waals surface area contributed by atoms with Gasteiger partial charge in [-0.1, -0.05) is 22.0 Å². The quantitative estimate of drug-likeness (QED) is 0.693. The molecular formula is C19H22BrN5. The molecule has 0 saturated heterocycles. The lowest BCUT2D eigenvalue weighted by atomic mass is 9.86. The molecule has 1 saturated carbocycles. The highest BCUT2D eigenvalue weighted by molar-refractivity contribution is 9.10. The van der Waals surface area contributed by atoms with Crippen LogP contribution in [-0.2, 0) is 0 Å². The summed E-state index contributed by atoms with van der Waals surface area (Å²) in [6, 6.07) is 12.4. The fraction of sp³-hybridized carbons (Fsp3) is 0.368. The SMILES string of the molecule is N#Cc1cnc(Nc2cccc(Br)c2)cc1NCC1CCC(N)CC1. The monoisotopic (exact) mass is 399 g/mol. The third-order valence-electron chi connectivity index (χ3n) is 4.59. The van der Waals surface area contributed by atoms with Crippen LogP contribution in [0.5, 0.6) is 0 Å². The second-order valence-electron chi connectivity index (χ2n) is 6.52. The normalized spacial score (nSPS) is 19.9. The van der Waals surface area contributed by atoms with E-state index in [1.807, 2.05) is 30.3 Å². The molecule has 3 rings (SSSR count). The van der Waals surface area contributed by atoms with Crippen LogP contribution in [0.2, 0.25) is 0 Å². The van der Waals surface area contributed by atoms with Gasteiger partial charge in [-0.2, -0.15) is 5.26 Å². The fourth-order valence-electron chi connectivity index (χ4n) is 3.12. The lowest BCUT2D eigenvalue weighted by molar-refractivity contribution is 0.339. The maximum Gasteiger partial charge on any atom is 0.132 e. The first kappa shape index (κ1) is 17.7. The van der Waals surface area contributed by atoms with E-state index in [0.29, 0.717) is 23.3 Å². The van der Waals surface area contributed by atoms with Crippen molar-refractivity contribution in [2.24, 2.45) is 11.7 Å². The van der Waals surface area contributed by atoms with Crippen molar-refractivity contribution in [2.75, 3.05) is 17.2 Å². The highest BCUT2D eigenvalue weighted by Crippen LogP contribution is 2.26. The number of halogens is 1. The Morgan fingerprint density at radius 2 is 2.04 bits per heavy atom. The molecule has 0 spiro atoms. The molecule has 0 bridgehead atoms. The molecule has 1 aliphatic carbocycles. The third kappa shape index (κ3) is 4.94. The number of nitrogens with two attached hydrogens (primary N) is 1. The van der Waals surface area contributed by atoms with Crippen molar-refractivity contribution in [3.63, 3.8) is 0 Å². The van der Waals surface area contributed by atoms with E-state index in [1.54, 1.807) is 6.20 Å². The number of benzene rings is 1. The number of nitrogens with one attached hydrogen (secondary N) is 2. The molecule has 1 aliphatic rings. The van der Waals surface area contributed by atoms with Crippen LogP contribution in [-0.4, -0.2) is 17.6 Å². The number of hydrogen-bond acceptors (Lipinski definition) is 5. The Morgan fingerprint density at radius 3 is 2.76 bits per heavy atom. The van der Waals surface area contributed by atoms with Crippen LogP contribution in [0.15, 0.2) is 41.0 Å². The van der Waals surface area contributed by atoms with E-state index in [0.717, 1.165) is 48.1 Å². The fourth-order valence-corrected chi connectivity index (χ4v) is 3.52. The van der Waals surface area contributed by atoms with E-state index >= 15 is 0 Å². The standard InChI is InChI=1S/C19H22BrN5/c20-15-2-1-3-17(8-15)25-19-9-18(14(10-21)12-24-19)23-11-13-4-6-16(22)7-5-13/h1-3,8-9,12-13,16H,4-7,11,22H2,(H2,23,24,25). The minimum Gasteiger partial charge on any atom is -0.384 e. The summed E-state index contributed by atoms with van der Waals surface area (Å²) in [6.07, 6.45) is 6.07. The molecule has 5 nitrogen and oxygen atoms in total. The number of nitriles is 1. The van der Waals surface area contributed by atoms with Gasteiger partial charge in [-0.15, -0.1) is 0 Å². The molecule has 1 aromatic carbocycles. The lowest BCUT2D eigenvalue weighted by Crippen LogP contribution is -2.29. The molecule has 0 unspecified atom stereocenters. The molecule has 1 heterocycles. The molecule has 0 aliphatic heterocycles. The van der Waals surface area contributed by atoms with Crippen molar-refractivity contribution in [1.29, 1.82) is 5.26 Å². The second kappa shape index (κ2) is 8.32. The zero-order chi connectivity index (χ0) is 17.6. The van der Waals surface area contributed by atoms with Gasteiger partial charge >= 0.3 is 0 Å². The maximum absolute atomic E-state index is 9.33. The first-order valence-corrected chi connectivity index (χ1v) is 9.35. The molecule has 1 aromatic heterocycles. The molecule has 0 atom stereocenters. The topological polar surface area (TPSA) is 86.8 Å². The van der Waals surface area contributed by atoms with Crippen LogP contribution in [0.25, 0.3) is 0 Å². The van der Waals surface area contributed by atoms with Crippen LogP contribution in [0.3, 0.4) is 0 Å². The zero-order valence-corrected chi connectivity index (χ0v) is 15.6. The number of hydrogen-bond donors (Lipinski definition) is 3. The summed E-state index contributed by atoms with van der Waals surface area (Å²) in [5.74, 6) is 1.33. The van der Waals surface area contributed by atoms with E-state index in [2.05, 4.69) is 37.6 Å². The van der Waals surface area contributed by atoms with Gasteiger partial charge in [0.1, 0.15) is 11.9 Å². The summed E-state index contributed by atoms with van der Waals surface area (Å²) in [6.45, 7) is 0.863. The van der Waals surface area contributed by atoms with Gasteiger partial charge < -0.3 is 16.4 Å². The Hall–Kier alpha value is -2.10. The Labute approximate surface area is 156 Å². The first-order valence-electron chi connectivity index (χ1n) is 8.56. The number of nitrogens with zero attached hydrogens (tertiary/aromatic N) is 2. The zero-order valence-electron chi connectivity index (χ0n) is 14.0. The molecular weight excluding hydrogens is 378 g/mol. The highest BCUT2D eigenvalue weighted by Gasteiger charge is 2.18. The van der Waals surface area contributed by atoms with Crippen molar-refractivity contribution in [1.82, 2.24) is 4.98 Å². The predicted molar refractivity (Wildman–Crippen MR) is 105 cm³/mol. The summed E-state index contributed by atoms with van der Waals surface area (Å²) in [5.41, 5.74) is 8.30. The van der Waals surface area contributed by atoms with E-state index in [-0.39, 0.29) is 0 Å². The predicted octanol–water partition coefficient (Wildman–Crippen LogP) is 4.39. The summed E-state index contributed by atoms with van der Waals surface area (Å²) >= 11 is 3.46. The Morgan fingerprint density at radius 1 is 1.24 bits per heavy atom. The number of rotatable bonds is 5. The van der Waals surface area contributed by atoms with Crippen LogP contribution >= 0.6 is 15.9 Å². The summed E-state index contributed by atoms with van der Waals surface area (Å²) < 4.78 is 1.000. The van der Waals surface area contributed by atoms with Crippen LogP contribution in [0, 0.1) is 17.2 Å². The van der Waals surface area contributed by atoms with E-state index in [1.165, 1.54) is 0 Å². The molecule has 0 radical (unpaired) electrons. The average Bonchev–Trinajstić information content (AvgIpc) is 2.61. The maximum atomic E-state index is 9.33. The van der Waals surface area contributed by atoms with Gasteiger partial charge in [0, 0.05) is 35.0 Å². The van der Waals surface area contributed by atoms with Gasteiger partial charge in [-0.05, 0) is 49.8 Å². The van der Waals surface area contributed by atoms with Crippen molar-refractivity contribution in [3.8, 4) is 6.07 Å². The number of aromatic nitrogens is 1. The van der Waals surface area contributed by atoms with Gasteiger partial charge in [0.25, 0.3) is 0 Å². The van der Waals surface area contributed by atoms with Crippen LogP contribution < -0.4 is 16.4 Å². The largest absolute Gasteiger partial charge is 0.384 e. The van der Waals surface area contributed by atoms with Crippen LogP contribution in [0.4, 0.5) is 17.2 Å². The molecule has 6 heteroatoms. The minimum absolute atomic E-state index is 0.354. The van der Waals surface area contributed by atoms with Gasteiger partial charge in [0.15, 0.2) is 0 Å². The van der Waals surface area contributed by atoms with E-state index in [9.17, 15) is 5.26 Å². The Balaban J connectivity index is 1.68. The lowest BCUT2D eigenvalue weighted by Gasteiger charge is -2.26. The highest BCUT2D eigenvalue weighted by atomic mass is 79.9. The summed E-state index contributed by atoms with van der Waals surface area (Å²) in [7, 11) is 0. The van der Waals surface area contributed by atoms with Crippen molar-refractivity contribution >= 4 is 33.1 Å². The van der Waals surface area contributed by atoms with E-state index < -0.39 is 0 Å². The first-order chi connectivity index (χ1) is 12.1. The summed E-state index contributed by atoms with van der Waals surface area (Å²) in [4.78, 5) is 4.33. The second-order valence-corrected chi connectivity index (χ2v) is 7.44. The Bertz CT molecular complexity index is 763. The molecule has 130 valence electrons.